The maximum atomic E-state index is 6.47. The monoisotopic (exact) mass is 261 g/mol. The molecule has 0 aliphatic carbocycles. The molecule has 1 fully saturated rings. The number of aryl methyl sites for hydroxylation is 3. The molecule has 2 heteroatoms. The second-order valence-corrected chi connectivity index (χ2v) is 6.31. The fraction of sp³-hybridized carbons (Fsp3) is 0.647. The van der Waals surface area contributed by atoms with Crippen LogP contribution in [-0.4, -0.2) is 18.2 Å². The Morgan fingerprint density at radius 2 is 1.84 bits per heavy atom. The molecule has 0 aromatic heterocycles. The van der Waals surface area contributed by atoms with Crippen molar-refractivity contribution in [1.82, 2.24) is 0 Å². The van der Waals surface area contributed by atoms with Crippen molar-refractivity contribution in [2.45, 2.75) is 65.0 Å². The average Bonchev–Trinajstić information content (AvgIpc) is 2.34. The van der Waals surface area contributed by atoms with E-state index in [2.05, 4.69) is 39.8 Å². The Labute approximate surface area is 117 Å². The zero-order chi connectivity index (χ0) is 14.0. The van der Waals surface area contributed by atoms with Gasteiger partial charge in [-0.15, -0.1) is 0 Å². The van der Waals surface area contributed by atoms with Crippen molar-refractivity contribution in [3.05, 3.63) is 34.4 Å². The minimum atomic E-state index is -0.151. The quantitative estimate of drug-likeness (QED) is 0.904. The van der Waals surface area contributed by atoms with Gasteiger partial charge in [-0.3, -0.25) is 0 Å². The first-order chi connectivity index (χ1) is 8.92. The van der Waals surface area contributed by atoms with Crippen LogP contribution in [0.15, 0.2) is 12.1 Å². The van der Waals surface area contributed by atoms with Gasteiger partial charge in [0.25, 0.3) is 0 Å². The molecule has 1 aliphatic heterocycles. The zero-order valence-corrected chi connectivity index (χ0v) is 12.8. The summed E-state index contributed by atoms with van der Waals surface area (Å²) in [4.78, 5) is 0. The molecule has 0 radical (unpaired) electrons. The Hall–Kier alpha value is -0.860. The topological polar surface area (TPSA) is 35.2 Å². The van der Waals surface area contributed by atoms with Crippen LogP contribution in [0.4, 0.5) is 0 Å². The minimum absolute atomic E-state index is 0.0768. The average molecular weight is 261 g/mol. The summed E-state index contributed by atoms with van der Waals surface area (Å²) in [6.45, 7) is 9.55. The summed E-state index contributed by atoms with van der Waals surface area (Å²) >= 11 is 0. The van der Waals surface area contributed by atoms with Gasteiger partial charge >= 0.3 is 0 Å². The molecule has 0 spiro atoms. The van der Waals surface area contributed by atoms with Gasteiger partial charge in [-0.2, -0.15) is 0 Å². The third-order valence-corrected chi connectivity index (χ3v) is 4.55. The largest absolute Gasteiger partial charge is 0.374 e. The van der Waals surface area contributed by atoms with Crippen LogP contribution in [0.5, 0.6) is 0 Å². The molecule has 2 rings (SSSR count). The molecule has 0 bridgehead atoms. The highest BCUT2D eigenvalue weighted by molar-refractivity contribution is 5.38. The summed E-state index contributed by atoms with van der Waals surface area (Å²) in [5.41, 5.74) is 11.7. The first-order valence-electron chi connectivity index (χ1n) is 7.38. The van der Waals surface area contributed by atoms with Crippen molar-refractivity contribution in [2.75, 3.05) is 6.61 Å². The molecule has 2 unspecified atom stereocenters. The third-order valence-electron chi connectivity index (χ3n) is 4.55. The third kappa shape index (κ3) is 3.18. The van der Waals surface area contributed by atoms with Crippen LogP contribution in [0.3, 0.4) is 0 Å². The SMILES string of the molecule is Cc1cc(C)c(CC(N)C2(C)CCCCO2)c(C)c1. The van der Waals surface area contributed by atoms with Crippen molar-refractivity contribution >= 4 is 0 Å². The van der Waals surface area contributed by atoms with Gasteiger partial charge in [0.15, 0.2) is 0 Å². The van der Waals surface area contributed by atoms with E-state index in [1.54, 1.807) is 0 Å². The fourth-order valence-corrected chi connectivity index (χ4v) is 3.22. The lowest BCUT2D eigenvalue weighted by molar-refractivity contribution is -0.0808. The van der Waals surface area contributed by atoms with E-state index in [1.807, 2.05) is 0 Å². The van der Waals surface area contributed by atoms with E-state index in [4.69, 9.17) is 10.5 Å². The number of hydrogen-bond acceptors (Lipinski definition) is 2. The van der Waals surface area contributed by atoms with Gasteiger partial charge in [-0.1, -0.05) is 17.7 Å². The maximum absolute atomic E-state index is 6.47. The van der Waals surface area contributed by atoms with Crippen LogP contribution in [-0.2, 0) is 11.2 Å². The predicted molar refractivity (Wildman–Crippen MR) is 80.5 cm³/mol. The van der Waals surface area contributed by atoms with Gasteiger partial charge in [0.1, 0.15) is 0 Å². The lowest BCUT2D eigenvalue weighted by Gasteiger charge is -2.39. The first kappa shape index (κ1) is 14.5. The van der Waals surface area contributed by atoms with Crippen LogP contribution in [0, 0.1) is 20.8 Å². The zero-order valence-electron chi connectivity index (χ0n) is 12.8. The van der Waals surface area contributed by atoms with Crippen LogP contribution < -0.4 is 5.73 Å². The Kier molecular flexibility index (Phi) is 4.32. The molecule has 1 saturated heterocycles. The molecule has 1 aromatic rings. The van der Waals surface area contributed by atoms with Crippen molar-refractivity contribution in [3.8, 4) is 0 Å². The maximum Gasteiger partial charge on any atom is 0.0807 e. The van der Waals surface area contributed by atoms with E-state index in [-0.39, 0.29) is 11.6 Å². The normalized spacial score (nSPS) is 25.3. The number of rotatable bonds is 3. The second-order valence-electron chi connectivity index (χ2n) is 6.31. The lowest BCUT2D eigenvalue weighted by atomic mass is 9.83. The molecule has 2 nitrogen and oxygen atoms in total. The van der Waals surface area contributed by atoms with E-state index < -0.39 is 0 Å². The number of ether oxygens (including phenoxy) is 1. The molecule has 1 aromatic carbocycles. The van der Waals surface area contributed by atoms with Crippen LogP contribution in [0.1, 0.15) is 48.4 Å². The van der Waals surface area contributed by atoms with Gasteiger partial charge in [0, 0.05) is 12.6 Å². The van der Waals surface area contributed by atoms with Gasteiger partial charge in [-0.25, -0.2) is 0 Å². The van der Waals surface area contributed by atoms with E-state index in [1.165, 1.54) is 35.1 Å². The van der Waals surface area contributed by atoms with Crippen LogP contribution in [0.2, 0.25) is 0 Å². The molecular weight excluding hydrogens is 234 g/mol. The summed E-state index contributed by atoms with van der Waals surface area (Å²) in [6.07, 6.45) is 4.40. The molecule has 0 saturated carbocycles. The van der Waals surface area contributed by atoms with Crippen molar-refractivity contribution in [2.24, 2.45) is 5.73 Å². The summed E-state index contributed by atoms with van der Waals surface area (Å²) in [6, 6.07) is 4.58. The highest BCUT2D eigenvalue weighted by Crippen LogP contribution is 2.30. The van der Waals surface area contributed by atoms with Crippen molar-refractivity contribution in [3.63, 3.8) is 0 Å². The highest BCUT2D eigenvalue weighted by atomic mass is 16.5. The second kappa shape index (κ2) is 5.64. The molecule has 19 heavy (non-hydrogen) atoms. The minimum Gasteiger partial charge on any atom is -0.374 e. The van der Waals surface area contributed by atoms with Gasteiger partial charge in [-0.05, 0) is 70.1 Å². The molecule has 0 amide bonds. The number of nitrogens with two attached hydrogens (primary N) is 1. The molecule has 106 valence electrons. The molecule has 1 aliphatic rings. The summed E-state index contributed by atoms with van der Waals surface area (Å²) in [5, 5.41) is 0. The first-order valence-corrected chi connectivity index (χ1v) is 7.38. The summed E-state index contributed by atoms with van der Waals surface area (Å²) < 4.78 is 5.98. The molecule has 2 atom stereocenters. The van der Waals surface area contributed by atoms with Crippen molar-refractivity contribution in [1.29, 1.82) is 0 Å². The van der Waals surface area contributed by atoms with E-state index >= 15 is 0 Å². The van der Waals surface area contributed by atoms with Crippen LogP contribution >= 0.6 is 0 Å². The summed E-state index contributed by atoms with van der Waals surface area (Å²) in [5.74, 6) is 0. The summed E-state index contributed by atoms with van der Waals surface area (Å²) in [7, 11) is 0. The smallest absolute Gasteiger partial charge is 0.0807 e. The molecule has 1 heterocycles. The van der Waals surface area contributed by atoms with E-state index in [9.17, 15) is 0 Å². The fourth-order valence-electron chi connectivity index (χ4n) is 3.22. The van der Waals surface area contributed by atoms with Crippen LogP contribution in [0.25, 0.3) is 0 Å². The number of benzene rings is 1. The number of hydrogen-bond donors (Lipinski definition) is 1. The Bertz CT molecular complexity index is 424. The van der Waals surface area contributed by atoms with Crippen molar-refractivity contribution < 1.29 is 4.74 Å². The molecular formula is C17H27NO. The van der Waals surface area contributed by atoms with Gasteiger partial charge in [0.05, 0.1) is 5.60 Å². The standard InChI is InChI=1S/C17H27NO/c1-12-9-13(2)15(14(3)10-12)11-16(18)17(4)7-5-6-8-19-17/h9-10,16H,5-8,11,18H2,1-4H3. The Balaban J connectivity index is 2.16. The van der Waals surface area contributed by atoms with Gasteiger partial charge < -0.3 is 10.5 Å². The Morgan fingerprint density at radius 1 is 1.21 bits per heavy atom. The predicted octanol–water partition coefficient (Wildman–Crippen LogP) is 3.44. The van der Waals surface area contributed by atoms with Gasteiger partial charge in [0.2, 0.25) is 0 Å². The lowest BCUT2D eigenvalue weighted by Crippen LogP contribution is -2.50. The Morgan fingerprint density at radius 3 is 2.37 bits per heavy atom. The van der Waals surface area contributed by atoms with E-state index in [0.717, 1.165) is 19.4 Å². The van der Waals surface area contributed by atoms with E-state index in [0.29, 0.717) is 0 Å². The molecule has 2 N–H and O–H groups in total. The highest BCUT2D eigenvalue weighted by Gasteiger charge is 2.34.